The summed E-state index contributed by atoms with van der Waals surface area (Å²) >= 11 is 0. The van der Waals surface area contributed by atoms with Gasteiger partial charge in [0.05, 0.1) is 11.8 Å². The van der Waals surface area contributed by atoms with Crippen LogP contribution in [0.1, 0.15) is 55.3 Å². The van der Waals surface area contributed by atoms with Gasteiger partial charge in [0, 0.05) is 29.8 Å². The van der Waals surface area contributed by atoms with Crippen LogP contribution in [0.4, 0.5) is 0 Å². The Morgan fingerprint density at radius 1 is 1.15 bits per heavy atom. The molecule has 5 nitrogen and oxygen atoms in total. The summed E-state index contributed by atoms with van der Waals surface area (Å²) in [6.45, 7) is 0.908. The van der Waals surface area contributed by atoms with Crippen LogP contribution < -0.4 is 5.56 Å². The topological polar surface area (TPSA) is 69.2 Å². The predicted octanol–water partition coefficient (Wildman–Crippen LogP) is 2.80. The Labute approximate surface area is 159 Å². The summed E-state index contributed by atoms with van der Waals surface area (Å²) < 4.78 is 0. The molecule has 2 aliphatic heterocycles. The van der Waals surface area contributed by atoms with Crippen molar-refractivity contribution in [3.05, 3.63) is 51.4 Å². The summed E-state index contributed by atoms with van der Waals surface area (Å²) in [5.74, 6) is 0.694. The largest absolute Gasteiger partial charge is 0.393 e. The van der Waals surface area contributed by atoms with E-state index in [0.717, 1.165) is 61.9 Å². The van der Waals surface area contributed by atoms with E-state index in [1.165, 1.54) is 18.4 Å². The molecule has 1 aromatic carbocycles. The highest BCUT2D eigenvalue weighted by Crippen LogP contribution is 2.37. The lowest BCUT2D eigenvalue weighted by atomic mass is 9.97. The zero-order valence-corrected chi connectivity index (χ0v) is 15.7. The van der Waals surface area contributed by atoms with E-state index in [1.54, 1.807) is 0 Å². The third kappa shape index (κ3) is 3.23. The molecule has 0 spiro atoms. The number of H-pyrrole nitrogens is 1. The summed E-state index contributed by atoms with van der Waals surface area (Å²) in [6, 6.07) is 9.42. The maximum atomic E-state index is 12.5. The van der Waals surface area contributed by atoms with Crippen LogP contribution in [0.3, 0.4) is 0 Å². The first kappa shape index (κ1) is 17.1. The SMILES string of the molecule is O=c1[nH]c(-c2cccc(CN3[C@@H]4CC[C@H]3CC(O)C4)c2)nc2c1CCCC2. The number of nitrogens with zero attached hydrogens (tertiary/aromatic N) is 2. The van der Waals surface area contributed by atoms with E-state index in [0.29, 0.717) is 17.9 Å². The summed E-state index contributed by atoms with van der Waals surface area (Å²) in [7, 11) is 0. The lowest BCUT2D eigenvalue weighted by Gasteiger charge is -2.37. The molecule has 5 heteroatoms. The molecule has 2 fully saturated rings. The Morgan fingerprint density at radius 3 is 2.74 bits per heavy atom. The fraction of sp³-hybridized carbons (Fsp3) is 0.545. The minimum absolute atomic E-state index is 0.0307. The third-order valence-electron chi connectivity index (χ3n) is 6.62. The van der Waals surface area contributed by atoms with Crippen molar-refractivity contribution in [1.82, 2.24) is 14.9 Å². The zero-order valence-electron chi connectivity index (χ0n) is 15.7. The van der Waals surface area contributed by atoms with Crippen molar-refractivity contribution < 1.29 is 5.11 Å². The maximum Gasteiger partial charge on any atom is 0.254 e. The van der Waals surface area contributed by atoms with E-state index in [4.69, 9.17) is 4.98 Å². The molecule has 3 atom stereocenters. The van der Waals surface area contributed by atoms with Gasteiger partial charge in [-0.15, -0.1) is 0 Å². The zero-order chi connectivity index (χ0) is 18.4. The molecule has 27 heavy (non-hydrogen) atoms. The molecule has 0 amide bonds. The molecule has 142 valence electrons. The van der Waals surface area contributed by atoms with Gasteiger partial charge in [-0.05, 0) is 63.0 Å². The normalized spacial score (nSPS) is 27.5. The van der Waals surface area contributed by atoms with E-state index in [2.05, 4.69) is 28.1 Å². The molecule has 3 heterocycles. The molecule has 1 aliphatic carbocycles. The van der Waals surface area contributed by atoms with Gasteiger partial charge in [-0.1, -0.05) is 18.2 Å². The molecule has 3 aliphatic rings. The van der Waals surface area contributed by atoms with Crippen LogP contribution in [0.5, 0.6) is 0 Å². The molecule has 0 radical (unpaired) electrons. The van der Waals surface area contributed by atoms with Gasteiger partial charge in [0.15, 0.2) is 0 Å². The van der Waals surface area contributed by atoms with Crippen LogP contribution in [0.15, 0.2) is 29.1 Å². The van der Waals surface area contributed by atoms with Crippen molar-refractivity contribution in [2.75, 3.05) is 0 Å². The molecule has 2 bridgehead atoms. The van der Waals surface area contributed by atoms with E-state index in [-0.39, 0.29) is 11.7 Å². The van der Waals surface area contributed by atoms with Crippen LogP contribution in [-0.4, -0.2) is 38.2 Å². The Hall–Kier alpha value is -1.98. The number of nitrogens with one attached hydrogen (secondary N) is 1. The van der Waals surface area contributed by atoms with Gasteiger partial charge < -0.3 is 10.1 Å². The monoisotopic (exact) mass is 365 g/mol. The van der Waals surface area contributed by atoms with Crippen LogP contribution in [0.25, 0.3) is 11.4 Å². The van der Waals surface area contributed by atoms with Crippen molar-refractivity contribution in [2.24, 2.45) is 0 Å². The average molecular weight is 365 g/mol. The Bertz CT molecular complexity index is 893. The maximum absolute atomic E-state index is 12.5. The number of aryl methyl sites for hydroxylation is 1. The number of piperidine rings is 1. The third-order valence-corrected chi connectivity index (χ3v) is 6.62. The van der Waals surface area contributed by atoms with Gasteiger partial charge in [0.2, 0.25) is 0 Å². The first-order valence-corrected chi connectivity index (χ1v) is 10.3. The first-order valence-electron chi connectivity index (χ1n) is 10.3. The molecule has 2 N–H and O–H groups in total. The van der Waals surface area contributed by atoms with Gasteiger partial charge in [-0.3, -0.25) is 9.69 Å². The number of aromatic nitrogens is 2. The average Bonchev–Trinajstić information content (AvgIpc) is 2.91. The standard InChI is InChI=1S/C22H27N3O2/c26-18-11-16-8-9-17(12-18)25(16)13-14-4-3-5-15(10-14)21-23-20-7-2-1-6-19(20)22(27)24-21/h3-5,10,16-18,26H,1-2,6-9,11-13H2,(H,23,24,27)/t16-,17+,18?. The summed E-state index contributed by atoms with van der Waals surface area (Å²) in [6.07, 6.45) is 8.02. The molecule has 2 saturated heterocycles. The molecule has 2 aromatic rings. The number of aromatic amines is 1. The second-order valence-corrected chi connectivity index (χ2v) is 8.43. The highest BCUT2D eigenvalue weighted by Gasteiger charge is 2.39. The van der Waals surface area contributed by atoms with Crippen LogP contribution in [0.2, 0.25) is 0 Å². The van der Waals surface area contributed by atoms with E-state index >= 15 is 0 Å². The highest BCUT2D eigenvalue weighted by molar-refractivity contribution is 5.56. The van der Waals surface area contributed by atoms with Gasteiger partial charge >= 0.3 is 0 Å². The van der Waals surface area contributed by atoms with Crippen molar-refractivity contribution >= 4 is 0 Å². The molecule has 0 saturated carbocycles. The van der Waals surface area contributed by atoms with E-state index in [9.17, 15) is 9.90 Å². The summed E-state index contributed by atoms with van der Waals surface area (Å²) in [5, 5.41) is 10.0. The van der Waals surface area contributed by atoms with Crippen molar-refractivity contribution in [2.45, 2.75) is 76.1 Å². The molecular weight excluding hydrogens is 338 g/mol. The molecule has 1 unspecified atom stereocenters. The van der Waals surface area contributed by atoms with Crippen LogP contribution >= 0.6 is 0 Å². The number of aliphatic hydroxyl groups excluding tert-OH is 1. The highest BCUT2D eigenvalue weighted by atomic mass is 16.3. The predicted molar refractivity (Wildman–Crippen MR) is 105 cm³/mol. The van der Waals surface area contributed by atoms with Gasteiger partial charge in [0.25, 0.3) is 5.56 Å². The fourth-order valence-corrected chi connectivity index (χ4v) is 5.27. The van der Waals surface area contributed by atoms with Crippen molar-refractivity contribution in [1.29, 1.82) is 0 Å². The van der Waals surface area contributed by atoms with Crippen molar-refractivity contribution in [3.63, 3.8) is 0 Å². The Morgan fingerprint density at radius 2 is 1.93 bits per heavy atom. The molecular formula is C22H27N3O2. The lowest BCUT2D eigenvalue weighted by molar-refractivity contribution is 0.0310. The number of rotatable bonds is 3. The lowest BCUT2D eigenvalue weighted by Crippen LogP contribution is -2.44. The van der Waals surface area contributed by atoms with E-state index < -0.39 is 0 Å². The molecule has 1 aromatic heterocycles. The summed E-state index contributed by atoms with van der Waals surface area (Å²) in [4.78, 5) is 22.8. The number of fused-ring (bicyclic) bond motifs is 3. The van der Waals surface area contributed by atoms with Gasteiger partial charge in [0.1, 0.15) is 5.82 Å². The summed E-state index contributed by atoms with van der Waals surface area (Å²) in [5.41, 5.74) is 4.13. The van der Waals surface area contributed by atoms with E-state index in [1.807, 2.05) is 6.07 Å². The van der Waals surface area contributed by atoms with Crippen LogP contribution in [0, 0.1) is 0 Å². The van der Waals surface area contributed by atoms with Gasteiger partial charge in [-0.25, -0.2) is 4.98 Å². The minimum Gasteiger partial charge on any atom is -0.393 e. The number of aliphatic hydroxyl groups is 1. The second kappa shape index (κ2) is 6.88. The quantitative estimate of drug-likeness (QED) is 0.878. The van der Waals surface area contributed by atoms with Crippen molar-refractivity contribution in [3.8, 4) is 11.4 Å². The second-order valence-electron chi connectivity index (χ2n) is 8.43. The Balaban J connectivity index is 1.42. The van der Waals surface area contributed by atoms with Gasteiger partial charge in [-0.2, -0.15) is 0 Å². The van der Waals surface area contributed by atoms with Crippen LogP contribution in [-0.2, 0) is 19.4 Å². The fourth-order valence-electron chi connectivity index (χ4n) is 5.27. The first-order chi connectivity index (χ1) is 13.2. The minimum atomic E-state index is -0.130. The molecule has 5 rings (SSSR count). The number of hydrogen-bond donors (Lipinski definition) is 2. The Kier molecular flexibility index (Phi) is 4.37. The number of hydrogen-bond acceptors (Lipinski definition) is 4. The number of benzene rings is 1. The smallest absolute Gasteiger partial charge is 0.254 e.